The largest absolute Gasteiger partial charge is 0.385 e. The van der Waals surface area contributed by atoms with Gasteiger partial charge in [-0.05, 0) is 43.2 Å². The lowest BCUT2D eigenvalue weighted by atomic mass is 9.78. The van der Waals surface area contributed by atoms with Gasteiger partial charge in [0.2, 0.25) is 0 Å². The predicted molar refractivity (Wildman–Crippen MR) is 76.1 cm³/mol. The highest BCUT2D eigenvalue weighted by Gasteiger charge is 2.53. The van der Waals surface area contributed by atoms with Gasteiger partial charge in [0.15, 0.2) is 0 Å². The zero-order valence-electron chi connectivity index (χ0n) is 10.7. The molecule has 0 saturated heterocycles. The number of aliphatic imine (C=N–C) groups is 1. The van der Waals surface area contributed by atoms with E-state index >= 15 is 0 Å². The summed E-state index contributed by atoms with van der Waals surface area (Å²) in [6.45, 7) is 1.84. The molecule has 1 aromatic heterocycles. The molecule has 19 heavy (non-hydrogen) atoms. The Bertz CT molecular complexity index is 612. The molecule has 2 heterocycles. The van der Waals surface area contributed by atoms with Crippen molar-refractivity contribution in [1.82, 2.24) is 4.90 Å². The number of aryl methyl sites for hydroxylation is 1. The van der Waals surface area contributed by atoms with Gasteiger partial charge in [0.05, 0.1) is 6.04 Å². The first-order chi connectivity index (χ1) is 9.11. The molecule has 0 bridgehead atoms. The maximum Gasteiger partial charge on any atom is 0.347 e. The maximum atomic E-state index is 12.2. The van der Waals surface area contributed by atoms with Crippen molar-refractivity contribution in [2.45, 2.75) is 37.8 Å². The summed E-state index contributed by atoms with van der Waals surface area (Å²) >= 11 is 1.71. The number of carbonyl (C=O) groups excluding carboxylic acids is 1. The van der Waals surface area contributed by atoms with Gasteiger partial charge in [-0.15, -0.1) is 17.8 Å². The number of nitrogens with zero attached hydrogens (tertiary/aromatic N) is 2. The van der Waals surface area contributed by atoms with Crippen molar-refractivity contribution in [1.29, 1.82) is 0 Å². The van der Waals surface area contributed by atoms with Gasteiger partial charge in [0, 0.05) is 4.88 Å². The van der Waals surface area contributed by atoms with Crippen LogP contribution < -0.4 is 5.73 Å². The molecule has 2 amide bonds. The minimum absolute atomic E-state index is 0.317. The molecule has 1 aliphatic heterocycles. The number of rotatable bonds is 1. The maximum absolute atomic E-state index is 12.2. The van der Waals surface area contributed by atoms with Crippen LogP contribution in [0.25, 0.3) is 0 Å². The minimum atomic E-state index is -0.615. The number of terminal acetylenes is 1. The Balaban J connectivity index is 2.20. The number of amides is 2. The average Bonchev–Trinajstić information content (AvgIpc) is 2.95. The lowest BCUT2D eigenvalue weighted by Gasteiger charge is -2.42. The van der Waals surface area contributed by atoms with Gasteiger partial charge in [-0.2, -0.15) is 4.99 Å². The lowest BCUT2D eigenvalue weighted by Crippen LogP contribution is -2.55. The Hall–Kier alpha value is -1.80. The molecule has 98 valence electrons. The van der Waals surface area contributed by atoms with Gasteiger partial charge in [-0.25, -0.2) is 4.79 Å². The van der Waals surface area contributed by atoms with Gasteiger partial charge in [-0.1, -0.05) is 5.92 Å². The highest BCUT2D eigenvalue weighted by atomic mass is 32.1. The summed E-state index contributed by atoms with van der Waals surface area (Å²) in [7, 11) is 0. The second-order valence-electron chi connectivity index (χ2n) is 4.96. The first kappa shape index (κ1) is 12.2. The van der Waals surface area contributed by atoms with E-state index in [0.29, 0.717) is 5.84 Å². The van der Waals surface area contributed by atoms with Crippen LogP contribution in [-0.2, 0) is 12.0 Å². The molecule has 2 unspecified atom stereocenters. The fraction of sp³-hybridized carbons (Fsp3) is 0.429. The molecule has 2 N–H and O–H groups in total. The van der Waals surface area contributed by atoms with Crippen LogP contribution in [0.1, 0.15) is 30.2 Å². The van der Waals surface area contributed by atoms with Crippen molar-refractivity contribution in [3.63, 3.8) is 0 Å². The molecule has 1 aliphatic carbocycles. The van der Waals surface area contributed by atoms with Gasteiger partial charge in [-0.3, -0.25) is 4.90 Å². The zero-order valence-corrected chi connectivity index (χ0v) is 11.5. The average molecular weight is 273 g/mol. The third-order valence-corrected chi connectivity index (χ3v) is 5.00. The van der Waals surface area contributed by atoms with Crippen LogP contribution in [-0.4, -0.2) is 22.8 Å². The van der Waals surface area contributed by atoms with Crippen molar-refractivity contribution < 1.29 is 4.79 Å². The highest BCUT2D eigenvalue weighted by molar-refractivity contribution is 7.10. The first-order valence-corrected chi connectivity index (χ1v) is 7.20. The Morgan fingerprint density at radius 3 is 3.21 bits per heavy atom. The second-order valence-corrected chi connectivity index (χ2v) is 5.96. The Morgan fingerprint density at radius 2 is 2.47 bits per heavy atom. The van der Waals surface area contributed by atoms with E-state index in [-0.39, 0.29) is 12.1 Å². The van der Waals surface area contributed by atoms with Gasteiger partial charge < -0.3 is 5.73 Å². The summed E-state index contributed by atoms with van der Waals surface area (Å²) in [4.78, 5) is 19.1. The van der Waals surface area contributed by atoms with Crippen molar-refractivity contribution in [2.24, 2.45) is 10.7 Å². The number of nitrogens with two attached hydrogens (primary N) is 1. The minimum Gasteiger partial charge on any atom is -0.385 e. The summed E-state index contributed by atoms with van der Waals surface area (Å²) in [6, 6.07) is 1.42. The second kappa shape index (κ2) is 4.10. The molecule has 1 spiro atoms. The predicted octanol–water partition coefficient (Wildman–Crippen LogP) is 2.09. The standard InChI is InChI=1S/C14H15N3OS/c1-3-9(2)17-13(18)16-12(15)14(17)7-4-5-11-10(14)6-8-19-11/h1,6,8-9H,4-5,7H2,2H3,(H2,15,16,18). The number of amidine groups is 1. The highest BCUT2D eigenvalue weighted by Crippen LogP contribution is 2.46. The van der Waals surface area contributed by atoms with Gasteiger partial charge >= 0.3 is 6.03 Å². The molecular formula is C14H15N3OS. The molecule has 2 atom stereocenters. The molecule has 0 fully saturated rings. The lowest BCUT2D eigenvalue weighted by molar-refractivity contribution is 0.146. The molecule has 4 nitrogen and oxygen atoms in total. The molecular weight excluding hydrogens is 258 g/mol. The Morgan fingerprint density at radius 1 is 1.68 bits per heavy atom. The summed E-state index contributed by atoms with van der Waals surface area (Å²) in [5.41, 5.74) is 6.61. The third kappa shape index (κ3) is 1.47. The van der Waals surface area contributed by atoms with Crippen LogP contribution in [0.5, 0.6) is 0 Å². The summed E-state index contributed by atoms with van der Waals surface area (Å²) in [5.74, 6) is 3.02. The van der Waals surface area contributed by atoms with E-state index in [4.69, 9.17) is 12.2 Å². The van der Waals surface area contributed by atoms with Crippen LogP contribution in [0, 0.1) is 12.3 Å². The van der Waals surface area contributed by atoms with E-state index in [1.54, 1.807) is 16.2 Å². The van der Waals surface area contributed by atoms with Crippen molar-refractivity contribution in [2.75, 3.05) is 0 Å². The van der Waals surface area contributed by atoms with E-state index in [1.165, 1.54) is 4.88 Å². The van der Waals surface area contributed by atoms with Crippen molar-refractivity contribution in [3.05, 3.63) is 21.9 Å². The molecule has 0 aromatic carbocycles. The van der Waals surface area contributed by atoms with E-state index in [9.17, 15) is 4.79 Å². The van der Waals surface area contributed by atoms with E-state index < -0.39 is 5.54 Å². The third-order valence-electron chi connectivity index (χ3n) is 4.02. The monoisotopic (exact) mass is 273 g/mol. The topological polar surface area (TPSA) is 58.7 Å². The van der Waals surface area contributed by atoms with Crippen molar-refractivity contribution >= 4 is 23.2 Å². The van der Waals surface area contributed by atoms with Crippen molar-refractivity contribution in [3.8, 4) is 12.3 Å². The van der Waals surface area contributed by atoms with Crippen LogP contribution >= 0.6 is 11.3 Å². The van der Waals surface area contributed by atoms with Crippen LogP contribution in [0.3, 0.4) is 0 Å². The smallest absolute Gasteiger partial charge is 0.347 e. The van der Waals surface area contributed by atoms with Crippen LogP contribution in [0.15, 0.2) is 16.4 Å². The van der Waals surface area contributed by atoms with Gasteiger partial charge in [0.1, 0.15) is 11.4 Å². The molecule has 0 radical (unpaired) electrons. The molecule has 0 saturated carbocycles. The molecule has 3 rings (SSSR count). The SMILES string of the molecule is C#CC(C)N1C(=O)N=C(N)C12CCCc1sccc12. The number of carbonyl (C=O) groups is 1. The number of urea groups is 1. The normalized spacial score (nSPS) is 27.1. The quantitative estimate of drug-likeness (QED) is 0.797. The first-order valence-electron chi connectivity index (χ1n) is 6.32. The Labute approximate surface area is 116 Å². The number of hydrogen-bond acceptors (Lipinski definition) is 3. The Kier molecular flexibility index (Phi) is 2.64. The van der Waals surface area contributed by atoms with E-state index in [1.807, 2.05) is 12.3 Å². The number of thiophene rings is 1. The number of fused-ring (bicyclic) bond motifs is 2. The zero-order chi connectivity index (χ0) is 13.6. The fourth-order valence-electron chi connectivity index (χ4n) is 3.17. The van der Waals surface area contributed by atoms with Gasteiger partial charge in [0.25, 0.3) is 0 Å². The van der Waals surface area contributed by atoms with Crippen LogP contribution in [0.2, 0.25) is 0 Å². The summed E-state index contributed by atoms with van der Waals surface area (Å²) < 4.78 is 0. The fourth-order valence-corrected chi connectivity index (χ4v) is 4.16. The van der Waals surface area contributed by atoms with Crippen LogP contribution in [0.4, 0.5) is 4.79 Å². The van der Waals surface area contributed by atoms with E-state index in [0.717, 1.165) is 24.8 Å². The molecule has 1 aromatic rings. The molecule has 2 aliphatic rings. The summed E-state index contributed by atoms with van der Waals surface area (Å²) in [6.07, 6.45) is 8.33. The summed E-state index contributed by atoms with van der Waals surface area (Å²) in [5, 5.41) is 2.05. The number of hydrogen-bond donors (Lipinski definition) is 1. The van der Waals surface area contributed by atoms with E-state index in [2.05, 4.69) is 17.0 Å². The molecule has 5 heteroatoms.